The van der Waals surface area contributed by atoms with Gasteiger partial charge in [-0.2, -0.15) is 0 Å². The Kier molecular flexibility index (Phi) is 3.84. The molecule has 0 saturated heterocycles. The fourth-order valence-electron chi connectivity index (χ4n) is 1.79. The van der Waals surface area contributed by atoms with Crippen molar-refractivity contribution in [3.05, 3.63) is 44.1 Å². The van der Waals surface area contributed by atoms with E-state index in [0.29, 0.717) is 35.5 Å². The summed E-state index contributed by atoms with van der Waals surface area (Å²) in [5.74, 6) is 0. The van der Waals surface area contributed by atoms with Gasteiger partial charge in [0, 0.05) is 25.3 Å². The summed E-state index contributed by atoms with van der Waals surface area (Å²) in [6.07, 6.45) is 0.603. The van der Waals surface area contributed by atoms with Crippen LogP contribution in [0.15, 0.2) is 27.8 Å². The number of methoxy groups -OCH3 is 1. The Morgan fingerprint density at radius 1 is 1.39 bits per heavy atom. The number of rotatable bonds is 4. The highest BCUT2D eigenvalue weighted by atomic mass is 35.5. The number of benzene rings is 1. The normalized spacial score (nSPS) is 11.0. The molecule has 1 N–H and O–H groups in total. The van der Waals surface area contributed by atoms with Crippen LogP contribution in [0, 0.1) is 0 Å². The Balaban J connectivity index is 2.53. The number of fused-ring (bicyclic) bond motifs is 1. The summed E-state index contributed by atoms with van der Waals surface area (Å²) in [7, 11) is 1.58. The minimum Gasteiger partial charge on any atom is -0.385 e. The van der Waals surface area contributed by atoms with Crippen LogP contribution in [0.25, 0.3) is 10.9 Å². The lowest BCUT2D eigenvalue weighted by Crippen LogP contribution is -2.35. The molecule has 0 spiro atoms. The van der Waals surface area contributed by atoms with Gasteiger partial charge in [-0.25, -0.2) is 4.79 Å². The fourth-order valence-corrected chi connectivity index (χ4v) is 1.96. The van der Waals surface area contributed by atoms with Crippen LogP contribution in [0.1, 0.15) is 6.42 Å². The lowest BCUT2D eigenvalue weighted by molar-refractivity contribution is 0.189. The molecular formula is C12H13ClN2O3. The van der Waals surface area contributed by atoms with Crippen molar-refractivity contribution < 1.29 is 4.74 Å². The van der Waals surface area contributed by atoms with Crippen LogP contribution < -0.4 is 11.2 Å². The molecule has 2 rings (SSSR count). The zero-order valence-electron chi connectivity index (χ0n) is 9.90. The van der Waals surface area contributed by atoms with Gasteiger partial charge in [-0.1, -0.05) is 11.6 Å². The monoisotopic (exact) mass is 268 g/mol. The summed E-state index contributed by atoms with van der Waals surface area (Å²) >= 11 is 5.85. The van der Waals surface area contributed by atoms with E-state index in [-0.39, 0.29) is 5.56 Å². The van der Waals surface area contributed by atoms with Gasteiger partial charge in [0.15, 0.2) is 0 Å². The first kappa shape index (κ1) is 12.9. The summed E-state index contributed by atoms with van der Waals surface area (Å²) in [6.45, 7) is 0.823. The summed E-state index contributed by atoms with van der Waals surface area (Å²) in [6, 6.07) is 4.82. The highest BCUT2D eigenvalue weighted by Gasteiger charge is 2.07. The number of aromatic amines is 1. The van der Waals surface area contributed by atoms with Gasteiger partial charge >= 0.3 is 5.69 Å². The predicted octanol–water partition coefficient (Wildman–Crippen LogP) is 1.38. The largest absolute Gasteiger partial charge is 0.385 e. The maximum atomic E-state index is 12.1. The Labute approximate surface area is 108 Å². The van der Waals surface area contributed by atoms with Gasteiger partial charge in [-0.05, 0) is 24.6 Å². The molecule has 0 aliphatic heterocycles. The summed E-state index contributed by atoms with van der Waals surface area (Å²) in [5.41, 5.74) is -0.240. The van der Waals surface area contributed by atoms with E-state index in [9.17, 15) is 9.59 Å². The summed E-state index contributed by atoms with van der Waals surface area (Å²) < 4.78 is 6.07. The van der Waals surface area contributed by atoms with E-state index in [1.807, 2.05) is 0 Å². The zero-order valence-corrected chi connectivity index (χ0v) is 10.7. The van der Waals surface area contributed by atoms with Crippen LogP contribution in [0.4, 0.5) is 0 Å². The predicted molar refractivity (Wildman–Crippen MR) is 70.3 cm³/mol. The minimum atomic E-state index is -0.411. The lowest BCUT2D eigenvalue weighted by atomic mass is 10.2. The van der Waals surface area contributed by atoms with Crippen molar-refractivity contribution in [1.82, 2.24) is 9.55 Å². The SMILES string of the molecule is COCCCn1c(=O)[nH]c2ccc(Cl)cc2c1=O. The molecule has 0 radical (unpaired) electrons. The third-order valence-corrected chi connectivity index (χ3v) is 2.91. The number of nitrogens with zero attached hydrogens (tertiary/aromatic N) is 1. The molecule has 5 nitrogen and oxygen atoms in total. The van der Waals surface area contributed by atoms with Crippen LogP contribution in [-0.2, 0) is 11.3 Å². The molecule has 1 aromatic heterocycles. The van der Waals surface area contributed by atoms with E-state index in [1.165, 1.54) is 0 Å². The first-order chi connectivity index (χ1) is 8.63. The minimum absolute atomic E-state index is 0.324. The van der Waals surface area contributed by atoms with Gasteiger partial charge in [0.2, 0.25) is 0 Å². The molecular weight excluding hydrogens is 256 g/mol. The van der Waals surface area contributed by atoms with Crippen molar-refractivity contribution >= 4 is 22.5 Å². The number of hydrogen-bond donors (Lipinski definition) is 1. The van der Waals surface area contributed by atoms with Crippen molar-refractivity contribution in [2.24, 2.45) is 0 Å². The molecule has 0 aliphatic carbocycles. The highest BCUT2D eigenvalue weighted by Crippen LogP contribution is 2.13. The third kappa shape index (κ3) is 2.47. The Morgan fingerprint density at radius 3 is 2.89 bits per heavy atom. The van der Waals surface area contributed by atoms with Crippen molar-refractivity contribution in [3.8, 4) is 0 Å². The van der Waals surface area contributed by atoms with Crippen LogP contribution in [0.5, 0.6) is 0 Å². The fraction of sp³-hybridized carbons (Fsp3) is 0.333. The van der Waals surface area contributed by atoms with Crippen LogP contribution in [-0.4, -0.2) is 23.3 Å². The molecule has 0 unspecified atom stereocenters. The second kappa shape index (κ2) is 5.37. The van der Waals surface area contributed by atoms with Crippen LogP contribution in [0.3, 0.4) is 0 Å². The number of H-pyrrole nitrogens is 1. The first-order valence-electron chi connectivity index (χ1n) is 5.55. The molecule has 0 atom stereocenters. The van der Waals surface area contributed by atoms with E-state index in [2.05, 4.69) is 4.98 Å². The van der Waals surface area contributed by atoms with Gasteiger partial charge in [0.25, 0.3) is 5.56 Å². The Hall–Kier alpha value is -1.59. The lowest BCUT2D eigenvalue weighted by Gasteiger charge is -2.06. The van der Waals surface area contributed by atoms with Gasteiger partial charge in [0.1, 0.15) is 0 Å². The van der Waals surface area contributed by atoms with E-state index in [1.54, 1.807) is 25.3 Å². The topological polar surface area (TPSA) is 64.1 Å². The first-order valence-corrected chi connectivity index (χ1v) is 5.92. The molecule has 1 aromatic carbocycles. The molecule has 1 heterocycles. The average Bonchev–Trinajstić information content (AvgIpc) is 2.35. The van der Waals surface area contributed by atoms with Gasteiger partial charge < -0.3 is 9.72 Å². The molecule has 0 fully saturated rings. The highest BCUT2D eigenvalue weighted by molar-refractivity contribution is 6.31. The summed E-state index contributed by atoms with van der Waals surface area (Å²) in [4.78, 5) is 26.6. The number of halogens is 1. The van der Waals surface area contributed by atoms with Crippen molar-refractivity contribution in [3.63, 3.8) is 0 Å². The number of hydrogen-bond acceptors (Lipinski definition) is 3. The zero-order chi connectivity index (χ0) is 13.1. The standard InChI is InChI=1S/C12H13ClN2O3/c1-18-6-2-5-15-11(16)9-7-8(13)3-4-10(9)14-12(15)17/h3-4,7H,2,5-6H2,1H3,(H,14,17). The second-order valence-electron chi connectivity index (χ2n) is 3.92. The second-order valence-corrected chi connectivity index (χ2v) is 4.36. The molecule has 0 amide bonds. The van der Waals surface area contributed by atoms with Gasteiger partial charge in [-0.3, -0.25) is 9.36 Å². The number of ether oxygens (including phenoxy) is 1. The van der Waals surface area contributed by atoms with E-state index >= 15 is 0 Å². The average molecular weight is 269 g/mol. The molecule has 0 saturated carbocycles. The van der Waals surface area contributed by atoms with Crippen LogP contribution in [0.2, 0.25) is 5.02 Å². The molecule has 18 heavy (non-hydrogen) atoms. The molecule has 0 bridgehead atoms. The third-order valence-electron chi connectivity index (χ3n) is 2.67. The smallest absolute Gasteiger partial charge is 0.328 e. The van der Waals surface area contributed by atoms with Crippen molar-refractivity contribution in [2.75, 3.05) is 13.7 Å². The van der Waals surface area contributed by atoms with E-state index < -0.39 is 5.69 Å². The van der Waals surface area contributed by atoms with E-state index in [4.69, 9.17) is 16.3 Å². The maximum absolute atomic E-state index is 12.1. The van der Waals surface area contributed by atoms with Crippen molar-refractivity contribution in [2.45, 2.75) is 13.0 Å². The molecule has 6 heteroatoms. The van der Waals surface area contributed by atoms with Gasteiger partial charge in [-0.15, -0.1) is 0 Å². The van der Waals surface area contributed by atoms with Crippen molar-refractivity contribution in [1.29, 1.82) is 0 Å². The number of aromatic nitrogens is 2. The molecule has 2 aromatic rings. The summed E-state index contributed by atoms with van der Waals surface area (Å²) in [5, 5.41) is 0.884. The quantitative estimate of drug-likeness (QED) is 0.852. The molecule has 0 aliphatic rings. The Morgan fingerprint density at radius 2 is 2.17 bits per heavy atom. The van der Waals surface area contributed by atoms with E-state index in [0.717, 1.165) is 4.57 Å². The number of nitrogens with one attached hydrogen (secondary N) is 1. The molecule has 96 valence electrons. The maximum Gasteiger partial charge on any atom is 0.328 e. The van der Waals surface area contributed by atoms with Crippen LogP contribution >= 0.6 is 11.6 Å². The van der Waals surface area contributed by atoms with Gasteiger partial charge in [0.05, 0.1) is 10.9 Å². The Bertz CT molecular complexity index is 675.